The standard InChI is InChI=1S/C18H17N5O3/c1-23-10-13(9-21-23)15-4-2-12(7-19-15)8-20-18(24)22-14-3-5-16-17(6-14)26-11-25-16/h2-7,9-10H,8,11H2,1H3,(H2,20,22,24). The van der Waals surface area contributed by atoms with Gasteiger partial charge in [0.2, 0.25) is 6.79 Å². The molecule has 0 unspecified atom stereocenters. The summed E-state index contributed by atoms with van der Waals surface area (Å²) in [6.45, 7) is 0.573. The molecule has 8 nitrogen and oxygen atoms in total. The van der Waals surface area contributed by atoms with Crippen molar-refractivity contribution in [3.05, 3.63) is 54.5 Å². The normalized spacial score (nSPS) is 12.0. The zero-order valence-electron chi connectivity index (χ0n) is 14.1. The minimum Gasteiger partial charge on any atom is -0.454 e. The van der Waals surface area contributed by atoms with Gasteiger partial charge in [0.05, 0.1) is 11.9 Å². The highest BCUT2D eigenvalue weighted by molar-refractivity contribution is 5.89. The van der Waals surface area contributed by atoms with Crippen molar-refractivity contribution < 1.29 is 14.3 Å². The number of ether oxygens (including phenoxy) is 2. The smallest absolute Gasteiger partial charge is 0.319 e. The van der Waals surface area contributed by atoms with E-state index < -0.39 is 0 Å². The third kappa shape index (κ3) is 3.44. The number of aromatic nitrogens is 3. The maximum atomic E-state index is 12.1. The summed E-state index contributed by atoms with van der Waals surface area (Å²) in [5.41, 5.74) is 3.33. The molecular formula is C18H17N5O3. The number of anilines is 1. The zero-order chi connectivity index (χ0) is 17.9. The fraction of sp³-hybridized carbons (Fsp3) is 0.167. The number of rotatable bonds is 4. The van der Waals surface area contributed by atoms with Crippen LogP contribution in [0.4, 0.5) is 10.5 Å². The Kier molecular flexibility index (Phi) is 4.14. The molecule has 1 aliphatic heterocycles. The van der Waals surface area contributed by atoms with Crippen molar-refractivity contribution in [3.8, 4) is 22.8 Å². The minimum atomic E-state index is -0.305. The van der Waals surface area contributed by atoms with E-state index in [2.05, 4.69) is 20.7 Å². The van der Waals surface area contributed by atoms with Crippen LogP contribution in [0, 0.1) is 0 Å². The van der Waals surface area contributed by atoms with Gasteiger partial charge in [-0.25, -0.2) is 4.79 Å². The van der Waals surface area contributed by atoms with Crippen molar-refractivity contribution in [3.63, 3.8) is 0 Å². The van der Waals surface area contributed by atoms with Crippen molar-refractivity contribution in [2.75, 3.05) is 12.1 Å². The molecule has 8 heteroatoms. The topological polar surface area (TPSA) is 90.3 Å². The predicted molar refractivity (Wildman–Crippen MR) is 94.9 cm³/mol. The quantitative estimate of drug-likeness (QED) is 0.754. The summed E-state index contributed by atoms with van der Waals surface area (Å²) >= 11 is 0. The Hall–Kier alpha value is -3.55. The lowest BCUT2D eigenvalue weighted by atomic mass is 10.2. The molecule has 26 heavy (non-hydrogen) atoms. The Balaban J connectivity index is 1.33. The van der Waals surface area contributed by atoms with Crippen LogP contribution >= 0.6 is 0 Å². The number of aryl methyl sites for hydroxylation is 1. The van der Waals surface area contributed by atoms with Gasteiger partial charge in [0.15, 0.2) is 11.5 Å². The number of fused-ring (bicyclic) bond motifs is 1. The van der Waals surface area contributed by atoms with Crippen LogP contribution in [0.15, 0.2) is 48.9 Å². The summed E-state index contributed by atoms with van der Waals surface area (Å²) in [6, 6.07) is 8.78. The monoisotopic (exact) mass is 351 g/mol. The fourth-order valence-corrected chi connectivity index (χ4v) is 2.59. The van der Waals surface area contributed by atoms with Gasteiger partial charge in [-0.05, 0) is 23.8 Å². The third-order valence-electron chi connectivity index (χ3n) is 3.91. The summed E-state index contributed by atoms with van der Waals surface area (Å²) in [7, 11) is 1.86. The largest absolute Gasteiger partial charge is 0.454 e. The second-order valence-electron chi connectivity index (χ2n) is 5.83. The number of nitrogens with one attached hydrogen (secondary N) is 2. The lowest BCUT2D eigenvalue weighted by Crippen LogP contribution is -2.28. The number of benzene rings is 1. The lowest BCUT2D eigenvalue weighted by Gasteiger charge is -2.08. The van der Waals surface area contributed by atoms with E-state index >= 15 is 0 Å². The number of pyridine rings is 1. The molecule has 0 radical (unpaired) electrons. The molecule has 0 saturated heterocycles. The van der Waals surface area contributed by atoms with Crippen LogP contribution in [-0.2, 0) is 13.6 Å². The summed E-state index contributed by atoms with van der Waals surface area (Å²) in [5, 5.41) is 9.70. The molecule has 1 aromatic carbocycles. The van der Waals surface area contributed by atoms with Gasteiger partial charge in [0.25, 0.3) is 0 Å². The highest BCUT2D eigenvalue weighted by Crippen LogP contribution is 2.34. The van der Waals surface area contributed by atoms with E-state index in [4.69, 9.17) is 9.47 Å². The molecule has 4 rings (SSSR count). The fourth-order valence-electron chi connectivity index (χ4n) is 2.59. The number of nitrogens with zero attached hydrogens (tertiary/aromatic N) is 3. The van der Waals surface area contributed by atoms with E-state index in [9.17, 15) is 4.79 Å². The highest BCUT2D eigenvalue weighted by Gasteiger charge is 2.14. The molecule has 2 N–H and O–H groups in total. The number of amides is 2. The number of carbonyl (C=O) groups excluding carboxylic acids is 1. The van der Waals surface area contributed by atoms with E-state index in [1.807, 2.05) is 25.4 Å². The molecule has 132 valence electrons. The van der Waals surface area contributed by atoms with Gasteiger partial charge in [-0.2, -0.15) is 5.10 Å². The Morgan fingerprint density at radius 3 is 2.85 bits per heavy atom. The molecule has 1 aliphatic rings. The van der Waals surface area contributed by atoms with E-state index in [-0.39, 0.29) is 12.8 Å². The lowest BCUT2D eigenvalue weighted by molar-refractivity contribution is 0.174. The molecular weight excluding hydrogens is 334 g/mol. The first-order chi connectivity index (χ1) is 12.7. The Bertz CT molecular complexity index is 936. The van der Waals surface area contributed by atoms with Gasteiger partial charge in [-0.15, -0.1) is 0 Å². The first-order valence-electron chi connectivity index (χ1n) is 8.06. The number of hydrogen-bond donors (Lipinski definition) is 2. The van der Waals surface area contributed by atoms with Crippen LogP contribution in [0.25, 0.3) is 11.3 Å². The van der Waals surface area contributed by atoms with Gasteiger partial charge >= 0.3 is 6.03 Å². The molecule has 2 aromatic heterocycles. The summed E-state index contributed by atoms with van der Waals surface area (Å²) < 4.78 is 12.3. The first-order valence-corrected chi connectivity index (χ1v) is 8.06. The minimum absolute atomic E-state index is 0.201. The van der Waals surface area contributed by atoms with E-state index in [1.54, 1.807) is 35.3 Å². The highest BCUT2D eigenvalue weighted by atomic mass is 16.7. The van der Waals surface area contributed by atoms with Gasteiger partial charge in [0.1, 0.15) is 0 Å². The third-order valence-corrected chi connectivity index (χ3v) is 3.91. The summed E-state index contributed by atoms with van der Waals surface area (Å²) in [6.07, 6.45) is 5.40. The Labute approximate surface area is 149 Å². The average Bonchev–Trinajstić information content (AvgIpc) is 3.29. The van der Waals surface area contributed by atoms with Crippen LogP contribution in [0.1, 0.15) is 5.56 Å². The molecule has 0 atom stereocenters. The van der Waals surface area contributed by atoms with Crippen LogP contribution < -0.4 is 20.1 Å². The molecule has 3 aromatic rings. The van der Waals surface area contributed by atoms with Crippen molar-refractivity contribution in [1.29, 1.82) is 0 Å². The molecule has 0 spiro atoms. The van der Waals surface area contributed by atoms with Crippen molar-refractivity contribution in [1.82, 2.24) is 20.1 Å². The second-order valence-corrected chi connectivity index (χ2v) is 5.83. The second kappa shape index (κ2) is 6.75. The van der Waals surface area contributed by atoms with Crippen LogP contribution in [-0.4, -0.2) is 27.6 Å². The van der Waals surface area contributed by atoms with Crippen molar-refractivity contribution >= 4 is 11.7 Å². The number of hydrogen-bond acceptors (Lipinski definition) is 5. The van der Waals surface area contributed by atoms with Crippen molar-refractivity contribution in [2.45, 2.75) is 6.54 Å². The van der Waals surface area contributed by atoms with Gasteiger partial charge in [-0.3, -0.25) is 9.67 Å². The van der Waals surface area contributed by atoms with Crippen LogP contribution in [0.2, 0.25) is 0 Å². The van der Waals surface area contributed by atoms with Gasteiger partial charge < -0.3 is 20.1 Å². The molecule has 0 saturated carbocycles. The van der Waals surface area contributed by atoms with E-state index in [0.29, 0.717) is 23.7 Å². The van der Waals surface area contributed by atoms with Gasteiger partial charge in [-0.1, -0.05) is 6.07 Å². The van der Waals surface area contributed by atoms with E-state index in [0.717, 1.165) is 16.8 Å². The zero-order valence-corrected chi connectivity index (χ0v) is 14.1. The molecule has 3 heterocycles. The van der Waals surface area contributed by atoms with Crippen molar-refractivity contribution in [2.24, 2.45) is 7.05 Å². The Morgan fingerprint density at radius 1 is 1.19 bits per heavy atom. The van der Waals surface area contributed by atoms with Gasteiger partial charge in [0, 0.05) is 43.3 Å². The van der Waals surface area contributed by atoms with E-state index in [1.165, 1.54) is 0 Å². The molecule has 0 fully saturated rings. The maximum absolute atomic E-state index is 12.1. The summed E-state index contributed by atoms with van der Waals surface area (Å²) in [4.78, 5) is 16.5. The van der Waals surface area contributed by atoms with Crippen LogP contribution in [0.3, 0.4) is 0 Å². The molecule has 0 aliphatic carbocycles. The summed E-state index contributed by atoms with van der Waals surface area (Å²) in [5.74, 6) is 1.30. The average molecular weight is 351 g/mol. The SMILES string of the molecule is Cn1cc(-c2ccc(CNC(=O)Nc3ccc4c(c3)OCO4)cn2)cn1. The number of carbonyl (C=O) groups is 1. The Morgan fingerprint density at radius 2 is 2.08 bits per heavy atom. The van der Waals surface area contributed by atoms with Crippen LogP contribution in [0.5, 0.6) is 11.5 Å². The molecule has 0 bridgehead atoms. The predicted octanol–water partition coefficient (Wildman–Crippen LogP) is 2.53. The number of urea groups is 1. The molecule has 2 amide bonds. The first kappa shape index (κ1) is 15.9. The maximum Gasteiger partial charge on any atom is 0.319 e.